The van der Waals surface area contributed by atoms with Gasteiger partial charge in [-0.15, -0.1) is 0 Å². The molecule has 0 saturated carbocycles. The van der Waals surface area contributed by atoms with E-state index in [1.165, 1.54) is 0 Å². The van der Waals surface area contributed by atoms with Gasteiger partial charge in [0.15, 0.2) is 6.10 Å². The van der Waals surface area contributed by atoms with Crippen molar-refractivity contribution in [3.8, 4) is 5.75 Å². The minimum Gasteiger partial charge on any atom is -0.479 e. The number of halogens is 2. The minimum atomic E-state index is -0.508. The van der Waals surface area contributed by atoms with Crippen molar-refractivity contribution >= 4 is 39.1 Å². The lowest BCUT2D eigenvalue weighted by Gasteiger charge is -2.20. The largest absolute Gasteiger partial charge is 0.479 e. The van der Waals surface area contributed by atoms with Gasteiger partial charge in [-0.25, -0.2) is 5.01 Å². The van der Waals surface area contributed by atoms with Crippen LogP contribution in [-0.4, -0.2) is 22.7 Å². The molecule has 1 aromatic carbocycles. The number of carbonyl (C=O) groups is 1. The zero-order chi connectivity index (χ0) is 14.4. The van der Waals surface area contributed by atoms with E-state index in [2.05, 4.69) is 21.0 Å². The molecule has 1 unspecified atom stereocenters. The van der Waals surface area contributed by atoms with Crippen molar-refractivity contribution < 1.29 is 9.53 Å². The van der Waals surface area contributed by atoms with Crippen molar-refractivity contribution in [2.45, 2.75) is 38.8 Å². The van der Waals surface area contributed by atoms with Gasteiger partial charge >= 0.3 is 0 Å². The van der Waals surface area contributed by atoms with E-state index in [1.54, 1.807) is 11.1 Å². The van der Waals surface area contributed by atoms with Gasteiger partial charge in [-0.05, 0) is 41.4 Å². The number of amides is 1. The molecular formula is C14H14BrClN2O2. The topological polar surface area (TPSA) is 41.9 Å². The average molecular weight is 358 g/mol. The van der Waals surface area contributed by atoms with Crippen molar-refractivity contribution in [2.24, 2.45) is 5.10 Å². The molecule has 2 atom stereocenters. The Bertz CT molecular complexity index is 617. The molecule has 0 spiro atoms. The molecule has 2 heterocycles. The summed E-state index contributed by atoms with van der Waals surface area (Å²) in [5.41, 5.74) is 1.86. The van der Waals surface area contributed by atoms with Crippen molar-refractivity contribution in [3.63, 3.8) is 0 Å². The monoisotopic (exact) mass is 356 g/mol. The number of fused-ring (bicyclic) bond motifs is 3. The van der Waals surface area contributed by atoms with Crippen LogP contribution in [0.15, 0.2) is 21.7 Å². The number of nitrogens with zero attached hydrogens (tertiary/aromatic N) is 2. The first-order chi connectivity index (χ1) is 9.51. The summed E-state index contributed by atoms with van der Waals surface area (Å²) in [6.07, 6.45) is 0.807. The number of hydrogen-bond donors (Lipinski definition) is 0. The van der Waals surface area contributed by atoms with E-state index in [4.69, 9.17) is 16.3 Å². The first-order valence-corrected chi connectivity index (χ1v) is 7.71. The summed E-state index contributed by atoms with van der Waals surface area (Å²) in [6.45, 7) is 3.86. The highest BCUT2D eigenvalue weighted by Crippen LogP contribution is 2.44. The Morgan fingerprint density at radius 3 is 3.00 bits per heavy atom. The Morgan fingerprint density at radius 1 is 1.55 bits per heavy atom. The fourth-order valence-corrected chi connectivity index (χ4v) is 3.58. The quantitative estimate of drug-likeness (QED) is 0.764. The maximum atomic E-state index is 12.5. The van der Waals surface area contributed by atoms with Gasteiger partial charge in [-0.1, -0.05) is 18.5 Å². The SMILES string of the molecule is CC[C@H]1Oc2c(Br)cc(Cl)cc2C2CC(C)=NN2C1=O. The van der Waals surface area contributed by atoms with Gasteiger partial charge in [0.25, 0.3) is 5.91 Å². The van der Waals surface area contributed by atoms with Crippen molar-refractivity contribution in [1.29, 1.82) is 0 Å². The van der Waals surface area contributed by atoms with Crippen LogP contribution in [0.1, 0.15) is 38.3 Å². The molecule has 1 amide bonds. The van der Waals surface area contributed by atoms with E-state index in [0.717, 1.165) is 15.7 Å². The van der Waals surface area contributed by atoms with Gasteiger partial charge in [0.2, 0.25) is 0 Å². The van der Waals surface area contributed by atoms with E-state index in [0.29, 0.717) is 23.6 Å². The summed E-state index contributed by atoms with van der Waals surface area (Å²) >= 11 is 9.62. The summed E-state index contributed by atoms with van der Waals surface area (Å²) in [6, 6.07) is 3.53. The summed E-state index contributed by atoms with van der Waals surface area (Å²) in [5, 5.41) is 6.54. The first kappa shape index (κ1) is 13.9. The number of hydrazone groups is 1. The van der Waals surface area contributed by atoms with E-state index in [9.17, 15) is 4.79 Å². The van der Waals surface area contributed by atoms with Gasteiger partial charge in [-0.2, -0.15) is 5.10 Å². The van der Waals surface area contributed by atoms with Crippen LogP contribution in [0.5, 0.6) is 5.75 Å². The van der Waals surface area contributed by atoms with Gasteiger partial charge in [0.1, 0.15) is 5.75 Å². The van der Waals surface area contributed by atoms with Gasteiger partial charge in [0.05, 0.1) is 10.5 Å². The van der Waals surface area contributed by atoms with Crippen molar-refractivity contribution in [1.82, 2.24) is 5.01 Å². The second-order valence-electron chi connectivity index (χ2n) is 5.06. The maximum absolute atomic E-state index is 12.5. The molecule has 106 valence electrons. The van der Waals surface area contributed by atoms with Crippen molar-refractivity contribution in [3.05, 3.63) is 27.2 Å². The molecule has 0 radical (unpaired) electrons. The van der Waals surface area contributed by atoms with E-state index >= 15 is 0 Å². The van der Waals surface area contributed by atoms with E-state index in [1.807, 2.05) is 19.9 Å². The van der Waals surface area contributed by atoms with Crippen LogP contribution < -0.4 is 4.74 Å². The van der Waals surface area contributed by atoms with Crippen LogP contribution in [0.4, 0.5) is 0 Å². The molecule has 0 aliphatic carbocycles. The third kappa shape index (κ3) is 2.13. The third-order valence-electron chi connectivity index (χ3n) is 3.59. The molecule has 3 rings (SSSR count). The van der Waals surface area contributed by atoms with Crippen LogP contribution in [0.25, 0.3) is 0 Å². The number of rotatable bonds is 1. The molecule has 0 aromatic heterocycles. The summed E-state index contributed by atoms with van der Waals surface area (Å²) in [7, 11) is 0. The first-order valence-electron chi connectivity index (χ1n) is 6.54. The minimum absolute atomic E-state index is 0.0893. The summed E-state index contributed by atoms with van der Waals surface area (Å²) in [5.74, 6) is 0.612. The number of ether oxygens (including phenoxy) is 1. The second kappa shape index (κ2) is 5.04. The van der Waals surface area contributed by atoms with E-state index < -0.39 is 6.10 Å². The molecular weight excluding hydrogens is 344 g/mol. The molecule has 2 aliphatic heterocycles. The van der Waals surface area contributed by atoms with Crippen molar-refractivity contribution in [2.75, 3.05) is 0 Å². The normalized spacial score (nSPS) is 24.7. The highest BCUT2D eigenvalue weighted by Gasteiger charge is 2.40. The Hall–Kier alpha value is -1.07. The Morgan fingerprint density at radius 2 is 2.30 bits per heavy atom. The standard InChI is InChI=1S/C14H14BrClN2O2/c1-3-12-14(19)18-11(4-7(2)17-18)9-5-8(16)6-10(15)13(9)20-12/h5-6,11-12H,3-4H2,1-2H3/t11?,12-/m1/s1. The zero-order valence-electron chi connectivity index (χ0n) is 11.2. The number of benzene rings is 1. The fraction of sp³-hybridized carbons (Fsp3) is 0.429. The lowest BCUT2D eigenvalue weighted by atomic mass is 10.0. The van der Waals surface area contributed by atoms with Gasteiger partial charge in [0, 0.05) is 22.7 Å². The van der Waals surface area contributed by atoms with Crippen LogP contribution in [-0.2, 0) is 4.79 Å². The summed E-state index contributed by atoms with van der Waals surface area (Å²) in [4.78, 5) is 12.5. The Balaban J connectivity index is 2.17. The maximum Gasteiger partial charge on any atom is 0.284 e. The predicted octanol–water partition coefficient (Wildman–Crippen LogP) is 3.92. The highest BCUT2D eigenvalue weighted by atomic mass is 79.9. The number of hydrogen-bond acceptors (Lipinski definition) is 3. The molecule has 6 heteroatoms. The molecule has 1 aromatic rings. The van der Waals surface area contributed by atoms with Crippen LogP contribution in [0.3, 0.4) is 0 Å². The Kier molecular flexibility index (Phi) is 3.50. The Labute approximate surface area is 130 Å². The lowest BCUT2D eigenvalue weighted by molar-refractivity contribution is -0.139. The molecule has 20 heavy (non-hydrogen) atoms. The molecule has 0 saturated heterocycles. The summed E-state index contributed by atoms with van der Waals surface area (Å²) < 4.78 is 6.69. The fourth-order valence-electron chi connectivity index (χ4n) is 2.66. The third-order valence-corrected chi connectivity index (χ3v) is 4.40. The van der Waals surface area contributed by atoms with Crippen LogP contribution in [0.2, 0.25) is 5.02 Å². The molecule has 0 N–H and O–H groups in total. The molecule has 0 bridgehead atoms. The van der Waals surface area contributed by atoms with Crippen LogP contribution >= 0.6 is 27.5 Å². The lowest BCUT2D eigenvalue weighted by Crippen LogP contribution is -2.36. The number of carbonyl (C=O) groups excluding carboxylic acids is 1. The average Bonchev–Trinajstić information content (AvgIpc) is 2.74. The smallest absolute Gasteiger partial charge is 0.284 e. The molecule has 2 aliphatic rings. The zero-order valence-corrected chi connectivity index (χ0v) is 13.5. The molecule has 4 nitrogen and oxygen atoms in total. The molecule has 0 fully saturated rings. The highest BCUT2D eigenvalue weighted by molar-refractivity contribution is 9.10. The second-order valence-corrected chi connectivity index (χ2v) is 6.35. The predicted molar refractivity (Wildman–Crippen MR) is 81.2 cm³/mol. The van der Waals surface area contributed by atoms with E-state index in [-0.39, 0.29) is 11.9 Å². The van der Waals surface area contributed by atoms with Crippen LogP contribution in [0, 0.1) is 0 Å². The van der Waals surface area contributed by atoms with Gasteiger partial charge < -0.3 is 4.74 Å². The van der Waals surface area contributed by atoms with Gasteiger partial charge in [-0.3, -0.25) is 4.79 Å².